The maximum Gasteiger partial charge on any atom is -0.0141 e. The van der Waals surface area contributed by atoms with E-state index in [9.17, 15) is 0 Å². The standard InChI is InChI=1S/C8H16.C7H10/c1-2-8-6-4-3-5-7-8;1-7-5-3-2-4-6-7/h8H,2-7H2,1H3;2-3,6H,4-5H2,1H3. The van der Waals surface area contributed by atoms with Gasteiger partial charge in [0.05, 0.1) is 0 Å². The van der Waals surface area contributed by atoms with Gasteiger partial charge in [-0.15, -0.1) is 0 Å². The van der Waals surface area contributed by atoms with Crippen molar-refractivity contribution in [3.63, 3.8) is 0 Å². The van der Waals surface area contributed by atoms with Crippen LogP contribution in [0.4, 0.5) is 0 Å². The Morgan fingerprint density at radius 1 is 1.13 bits per heavy atom. The Morgan fingerprint density at radius 3 is 2.20 bits per heavy atom. The molecule has 86 valence electrons. The highest BCUT2D eigenvalue weighted by Gasteiger charge is 2.09. The van der Waals surface area contributed by atoms with Crippen LogP contribution in [-0.4, -0.2) is 0 Å². The van der Waals surface area contributed by atoms with Gasteiger partial charge in [0.15, 0.2) is 0 Å². The van der Waals surface area contributed by atoms with Gasteiger partial charge in [0.1, 0.15) is 0 Å². The molecule has 2 aliphatic carbocycles. The first-order valence-corrected chi connectivity index (χ1v) is 6.63. The molecule has 0 saturated heterocycles. The fourth-order valence-electron chi connectivity index (χ4n) is 2.31. The van der Waals surface area contributed by atoms with Crippen molar-refractivity contribution in [1.29, 1.82) is 0 Å². The summed E-state index contributed by atoms with van der Waals surface area (Å²) in [6.45, 7) is 4.49. The summed E-state index contributed by atoms with van der Waals surface area (Å²) >= 11 is 0. The molecule has 0 radical (unpaired) electrons. The van der Waals surface area contributed by atoms with Crippen LogP contribution in [0.2, 0.25) is 0 Å². The Kier molecular flexibility index (Phi) is 6.47. The van der Waals surface area contributed by atoms with Crippen molar-refractivity contribution in [2.45, 2.75) is 65.2 Å². The zero-order valence-corrected chi connectivity index (χ0v) is 10.5. The van der Waals surface area contributed by atoms with E-state index in [1.807, 2.05) is 0 Å². The van der Waals surface area contributed by atoms with E-state index in [0.717, 1.165) is 12.3 Å². The van der Waals surface area contributed by atoms with Crippen molar-refractivity contribution in [2.75, 3.05) is 0 Å². The molecule has 1 saturated carbocycles. The quantitative estimate of drug-likeness (QED) is 0.513. The predicted octanol–water partition coefficient (Wildman–Crippen LogP) is 5.26. The molecule has 2 rings (SSSR count). The smallest absolute Gasteiger partial charge is 0.0141 e. The molecule has 0 aromatic rings. The molecule has 0 N–H and O–H groups in total. The van der Waals surface area contributed by atoms with E-state index in [2.05, 4.69) is 32.1 Å². The summed E-state index contributed by atoms with van der Waals surface area (Å²) in [5.74, 6) is 1.09. The molecule has 15 heavy (non-hydrogen) atoms. The summed E-state index contributed by atoms with van der Waals surface area (Å²) in [5.41, 5.74) is 1.50. The summed E-state index contributed by atoms with van der Waals surface area (Å²) in [4.78, 5) is 0. The zero-order valence-electron chi connectivity index (χ0n) is 10.5. The Morgan fingerprint density at radius 2 is 1.87 bits per heavy atom. The van der Waals surface area contributed by atoms with Crippen LogP contribution in [0.3, 0.4) is 0 Å². The minimum atomic E-state index is 1.09. The SMILES string of the molecule is CC1=CCC=CC1.CCC1CCCCC1. The lowest BCUT2D eigenvalue weighted by molar-refractivity contribution is 0.349. The molecule has 0 nitrogen and oxygen atoms in total. The Balaban J connectivity index is 0.000000151. The fraction of sp³-hybridized carbons (Fsp3) is 0.733. The van der Waals surface area contributed by atoms with Crippen LogP contribution < -0.4 is 0 Å². The minimum Gasteiger partial charge on any atom is -0.0844 e. The van der Waals surface area contributed by atoms with Gasteiger partial charge in [0.2, 0.25) is 0 Å². The van der Waals surface area contributed by atoms with E-state index in [4.69, 9.17) is 0 Å². The lowest BCUT2D eigenvalue weighted by Crippen LogP contribution is -2.03. The number of rotatable bonds is 1. The van der Waals surface area contributed by atoms with E-state index in [1.54, 1.807) is 0 Å². The maximum atomic E-state index is 2.32. The summed E-state index contributed by atoms with van der Waals surface area (Å²) in [6, 6.07) is 0. The van der Waals surface area contributed by atoms with Crippen LogP contribution in [0, 0.1) is 5.92 Å². The monoisotopic (exact) mass is 206 g/mol. The fourth-order valence-corrected chi connectivity index (χ4v) is 2.31. The molecule has 0 atom stereocenters. The van der Waals surface area contributed by atoms with Crippen molar-refractivity contribution in [2.24, 2.45) is 5.92 Å². The molecule has 0 aliphatic heterocycles. The van der Waals surface area contributed by atoms with Gasteiger partial charge in [-0.3, -0.25) is 0 Å². The zero-order chi connectivity index (χ0) is 10.9. The summed E-state index contributed by atoms with van der Waals surface area (Å²) < 4.78 is 0. The molecule has 0 spiro atoms. The number of allylic oxidation sites excluding steroid dienone is 4. The highest BCUT2D eigenvalue weighted by Crippen LogP contribution is 2.25. The number of hydrogen-bond donors (Lipinski definition) is 0. The van der Waals surface area contributed by atoms with Gasteiger partial charge in [0, 0.05) is 0 Å². The average molecular weight is 206 g/mol. The molecule has 0 heteroatoms. The van der Waals surface area contributed by atoms with Crippen LogP contribution in [0.25, 0.3) is 0 Å². The lowest BCUT2D eigenvalue weighted by atomic mass is 9.88. The van der Waals surface area contributed by atoms with Gasteiger partial charge in [-0.1, -0.05) is 69.2 Å². The predicted molar refractivity (Wildman–Crippen MR) is 69.0 cm³/mol. The molecular formula is C15H26. The van der Waals surface area contributed by atoms with Gasteiger partial charge in [-0.25, -0.2) is 0 Å². The van der Waals surface area contributed by atoms with Crippen molar-refractivity contribution < 1.29 is 0 Å². The van der Waals surface area contributed by atoms with E-state index in [0.29, 0.717) is 0 Å². The second-order valence-corrected chi connectivity index (χ2v) is 4.87. The van der Waals surface area contributed by atoms with Crippen LogP contribution >= 0.6 is 0 Å². The molecule has 0 unspecified atom stereocenters. The van der Waals surface area contributed by atoms with Gasteiger partial charge in [-0.2, -0.15) is 0 Å². The van der Waals surface area contributed by atoms with E-state index < -0.39 is 0 Å². The molecule has 0 aromatic heterocycles. The third-order valence-electron chi connectivity index (χ3n) is 3.51. The molecule has 0 heterocycles. The topological polar surface area (TPSA) is 0 Å². The highest BCUT2D eigenvalue weighted by atomic mass is 14.2. The second kappa shape index (κ2) is 7.73. The van der Waals surface area contributed by atoms with Crippen molar-refractivity contribution in [3.8, 4) is 0 Å². The first-order valence-electron chi connectivity index (χ1n) is 6.63. The molecule has 0 amide bonds. The van der Waals surface area contributed by atoms with Crippen molar-refractivity contribution >= 4 is 0 Å². The Bertz CT molecular complexity index is 204. The van der Waals surface area contributed by atoms with E-state index in [1.165, 1.54) is 50.5 Å². The van der Waals surface area contributed by atoms with Crippen LogP contribution in [0.1, 0.15) is 65.2 Å². The molecule has 0 aromatic carbocycles. The second-order valence-electron chi connectivity index (χ2n) is 4.87. The van der Waals surface area contributed by atoms with E-state index >= 15 is 0 Å². The average Bonchev–Trinajstić information content (AvgIpc) is 2.32. The molecule has 2 aliphatic rings. The molecule has 1 fully saturated rings. The largest absolute Gasteiger partial charge is 0.0844 e. The molecule has 0 bridgehead atoms. The highest BCUT2D eigenvalue weighted by molar-refractivity contribution is 5.11. The maximum absolute atomic E-state index is 2.32. The molecular weight excluding hydrogens is 180 g/mol. The third-order valence-corrected chi connectivity index (χ3v) is 3.51. The Labute approximate surface area is 95.5 Å². The van der Waals surface area contributed by atoms with Crippen LogP contribution in [0.5, 0.6) is 0 Å². The number of hydrogen-bond acceptors (Lipinski definition) is 0. The lowest BCUT2D eigenvalue weighted by Gasteiger charge is -2.18. The normalized spacial score (nSPS) is 21.6. The first-order chi connectivity index (χ1) is 7.33. The minimum absolute atomic E-state index is 1.09. The summed E-state index contributed by atoms with van der Waals surface area (Å²) in [6.07, 6.45) is 17.9. The van der Waals surface area contributed by atoms with Crippen LogP contribution in [-0.2, 0) is 0 Å². The van der Waals surface area contributed by atoms with E-state index in [-0.39, 0.29) is 0 Å². The third kappa shape index (κ3) is 5.81. The van der Waals surface area contributed by atoms with Crippen molar-refractivity contribution in [3.05, 3.63) is 23.8 Å². The van der Waals surface area contributed by atoms with Crippen LogP contribution in [0.15, 0.2) is 23.8 Å². The van der Waals surface area contributed by atoms with Gasteiger partial charge in [-0.05, 0) is 25.7 Å². The van der Waals surface area contributed by atoms with Gasteiger partial charge < -0.3 is 0 Å². The van der Waals surface area contributed by atoms with Gasteiger partial charge in [0.25, 0.3) is 0 Å². The first kappa shape index (κ1) is 12.5. The van der Waals surface area contributed by atoms with Gasteiger partial charge >= 0.3 is 0 Å². The summed E-state index contributed by atoms with van der Waals surface area (Å²) in [7, 11) is 0. The van der Waals surface area contributed by atoms with Crippen molar-refractivity contribution in [1.82, 2.24) is 0 Å². The summed E-state index contributed by atoms with van der Waals surface area (Å²) in [5, 5.41) is 0. The Hall–Kier alpha value is -0.520.